The molecular weight excluding hydrogens is 166 g/mol. The van der Waals surface area contributed by atoms with Crippen molar-refractivity contribution in [2.75, 3.05) is 5.73 Å². The second-order valence-electron chi connectivity index (χ2n) is 2.69. The molecule has 1 aliphatic rings. The van der Waals surface area contributed by atoms with Crippen molar-refractivity contribution in [2.45, 2.75) is 0 Å². The van der Waals surface area contributed by atoms with Gasteiger partial charge < -0.3 is 5.73 Å². The summed E-state index contributed by atoms with van der Waals surface area (Å²) in [4.78, 5) is 10.7. The van der Waals surface area contributed by atoms with Crippen molar-refractivity contribution in [3.63, 3.8) is 0 Å². The lowest BCUT2D eigenvalue weighted by Gasteiger charge is -1.97. The Hall–Kier alpha value is -1.97. The lowest BCUT2D eigenvalue weighted by Crippen LogP contribution is -1.86. The lowest BCUT2D eigenvalue weighted by atomic mass is 10.1. The van der Waals surface area contributed by atoms with Gasteiger partial charge in [-0.15, -0.1) is 10.2 Å². The summed E-state index contributed by atoms with van der Waals surface area (Å²) in [5, 5.41) is 7.09. The Morgan fingerprint density at radius 3 is 2.69 bits per heavy atom. The quantitative estimate of drug-likeness (QED) is 0.655. The average molecular weight is 173 g/mol. The van der Waals surface area contributed by atoms with Gasteiger partial charge in [0, 0.05) is 17.3 Å². The molecule has 0 aliphatic carbocycles. The molecule has 4 heteroatoms. The Bertz CT molecular complexity index is 421. The number of nitrogens with two attached hydrogens (primary N) is 1. The molecule has 1 aromatic rings. The van der Waals surface area contributed by atoms with E-state index in [0.717, 1.165) is 5.56 Å². The van der Waals surface area contributed by atoms with E-state index < -0.39 is 0 Å². The number of azo groups is 1. The van der Waals surface area contributed by atoms with E-state index in [1.165, 1.54) is 6.08 Å². The summed E-state index contributed by atoms with van der Waals surface area (Å²) in [6.07, 6.45) is 1.38. The number of nitrogen functional groups attached to an aromatic ring is 1. The highest BCUT2D eigenvalue weighted by molar-refractivity contribution is 5.98. The SMILES string of the molecule is Nc1cccc(C2=CC(=O)N=N2)c1. The molecular formula is C9H7N3O. The fourth-order valence-corrected chi connectivity index (χ4v) is 1.12. The Kier molecular flexibility index (Phi) is 1.66. The summed E-state index contributed by atoms with van der Waals surface area (Å²) in [6.45, 7) is 0. The van der Waals surface area contributed by atoms with E-state index in [0.29, 0.717) is 11.4 Å². The first-order valence-electron chi connectivity index (χ1n) is 3.79. The molecule has 0 bridgehead atoms. The maximum atomic E-state index is 10.7. The minimum absolute atomic E-state index is 0.322. The van der Waals surface area contributed by atoms with Gasteiger partial charge in [0.05, 0.1) is 5.70 Å². The maximum absolute atomic E-state index is 10.7. The van der Waals surface area contributed by atoms with E-state index in [2.05, 4.69) is 10.2 Å². The summed E-state index contributed by atoms with van der Waals surface area (Å²) < 4.78 is 0. The Morgan fingerprint density at radius 2 is 2.08 bits per heavy atom. The van der Waals surface area contributed by atoms with E-state index in [1.54, 1.807) is 12.1 Å². The first kappa shape index (κ1) is 7.67. The van der Waals surface area contributed by atoms with Gasteiger partial charge >= 0.3 is 0 Å². The minimum Gasteiger partial charge on any atom is -0.399 e. The van der Waals surface area contributed by atoms with Crippen LogP contribution >= 0.6 is 0 Å². The van der Waals surface area contributed by atoms with E-state index in [1.807, 2.05) is 12.1 Å². The summed E-state index contributed by atoms with van der Waals surface area (Å²) in [6, 6.07) is 7.17. The summed E-state index contributed by atoms with van der Waals surface area (Å²) in [5.41, 5.74) is 7.60. The largest absolute Gasteiger partial charge is 0.399 e. The monoisotopic (exact) mass is 173 g/mol. The van der Waals surface area contributed by atoms with Crippen LogP contribution in [0.15, 0.2) is 40.6 Å². The number of amides is 1. The molecule has 0 saturated carbocycles. The second kappa shape index (κ2) is 2.82. The topological polar surface area (TPSA) is 67.8 Å². The molecule has 0 atom stereocenters. The first-order valence-corrected chi connectivity index (χ1v) is 3.79. The molecule has 0 saturated heterocycles. The number of anilines is 1. The Labute approximate surface area is 74.8 Å². The molecule has 0 unspecified atom stereocenters. The van der Waals surface area contributed by atoms with Crippen molar-refractivity contribution in [1.82, 2.24) is 0 Å². The van der Waals surface area contributed by atoms with Gasteiger partial charge in [0.1, 0.15) is 0 Å². The van der Waals surface area contributed by atoms with Gasteiger partial charge in [-0.25, -0.2) is 0 Å². The number of rotatable bonds is 1. The average Bonchev–Trinajstić information content (AvgIpc) is 2.52. The zero-order valence-corrected chi connectivity index (χ0v) is 6.77. The zero-order chi connectivity index (χ0) is 9.26. The van der Waals surface area contributed by atoms with Gasteiger partial charge in [-0.1, -0.05) is 12.1 Å². The minimum atomic E-state index is -0.322. The van der Waals surface area contributed by atoms with Gasteiger partial charge in [-0.2, -0.15) is 0 Å². The van der Waals surface area contributed by atoms with E-state index in [9.17, 15) is 4.79 Å². The van der Waals surface area contributed by atoms with Crippen molar-refractivity contribution in [3.8, 4) is 0 Å². The van der Waals surface area contributed by atoms with Crippen LogP contribution in [-0.2, 0) is 4.79 Å². The highest BCUT2D eigenvalue weighted by Crippen LogP contribution is 2.21. The van der Waals surface area contributed by atoms with Gasteiger partial charge in [0.25, 0.3) is 5.91 Å². The van der Waals surface area contributed by atoms with Crippen molar-refractivity contribution in [2.24, 2.45) is 10.2 Å². The Morgan fingerprint density at radius 1 is 1.23 bits per heavy atom. The fourth-order valence-electron chi connectivity index (χ4n) is 1.12. The molecule has 1 amide bonds. The number of carbonyl (C=O) groups is 1. The normalized spacial score (nSPS) is 14.8. The number of hydrogen-bond donors (Lipinski definition) is 1. The predicted octanol–water partition coefficient (Wildman–Crippen LogP) is 1.60. The van der Waals surface area contributed by atoms with E-state index in [4.69, 9.17) is 5.73 Å². The van der Waals surface area contributed by atoms with Crippen molar-refractivity contribution < 1.29 is 4.79 Å². The van der Waals surface area contributed by atoms with Crippen LogP contribution in [0.2, 0.25) is 0 Å². The van der Waals surface area contributed by atoms with Crippen LogP contribution in [0.4, 0.5) is 5.69 Å². The first-order chi connectivity index (χ1) is 6.25. The summed E-state index contributed by atoms with van der Waals surface area (Å²) >= 11 is 0. The molecule has 0 radical (unpaired) electrons. The molecule has 1 aromatic carbocycles. The van der Waals surface area contributed by atoms with Crippen molar-refractivity contribution in [1.29, 1.82) is 0 Å². The third-order valence-electron chi connectivity index (χ3n) is 1.70. The van der Waals surface area contributed by atoms with Gasteiger partial charge in [-0.3, -0.25) is 4.79 Å². The van der Waals surface area contributed by atoms with Crippen LogP contribution in [0, 0.1) is 0 Å². The highest BCUT2D eigenvalue weighted by atomic mass is 16.1. The zero-order valence-electron chi connectivity index (χ0n) is 6.77. The lowest BCUT2D eigenvalue weighted by molar-refractivity contribution is -0.113. The Balaban J connectivity index is 2.42. The molecule has 2 rings (SSSR count). The standard InChI is InChI=1S/C9H7N3O/c10-7-3-1-2-6(4-7)8-5-9(13)12-11-8/h1-5H,10H2. The van der Waals surface area contributed by atoms with Gasteiger partial charge in [0.2, 0.25) is 0 Å². The number of benzene rings is 1. The molecule has 64 valence electrons. The van der Waals surface area contributed by atoms with E-state index in [-0.39, 0.29) is 5.91 Å². The third-order valence-corrected chi connectivity index (χ3v) is 1.70. The summed E-state index contributed by atoms with van der Waals surface area (Å²) in [7, 11) is 0. The van der Waals surface area contributed by atoms with Crippen LogP contribution in [0.3, 0.4) is 0 Å². The van der Waals surface area contributed by atoms with Crippen molar-refractivity contribution in [3.05, 3.63) is 35.9 Å². The van der Waals surface area contributed by atoms with Crippen molar-refractivity contribution >= 4 is 17.3 Å². The third kappa shape index (κ3) is 1.46. The smallest absolute Gasteiger partial charge is 0.290 e. The molecule has 4 nitrogen and oxygen atoms in total. The molecule has 0 fully saturated rings. The molecule has 1 aliphatic heterocycles. The van der Waals surface area contributed by atoms with Crippen LogP contribution in [-0.4, -0.2) is 5.91 Å². The molecule has 2 N–H and O–H groups in total. The number of nitrogens with zero attached hydrogens (tertiary/aromatic N) is 2. The maximum Gasteiger partial charge on any atom is 0.290 e. The van der Waals surface area contributed by atoms with Gasteiger partial charge in [-0.05, 0) is 12.1 Å². The van der Waals surface area contributed by atoms with E-state index >= 15 is 0 Å². The highest BCUT2D eigenvalue weighted by Gasteiger charge is 2.09. The van der Waals surface area contributed by atoms with Crippen LogP contribution < -0.4 is 5.73 Å². The molecule has 13 heavy (non-hydrogen) atoms. The molecule has 1 heterocycles. The summed E-state index contributed by atoms with van der Waals surface area (Å²) in [5.74, 6) is -0.322. The van der Waals surface area contributed by atoms with Crippen LogP contribution in [0.1, 0.15) is 5.56 Å². The number of hydrogen-bond acceptors (Lipinski definition) is 3. The second-order valence-corrected chi connectivity index (χ2v) is 2.69. The fraction of sp³-hybridized carbons (Fsp3) is 0. The van der Waals surface area contributed by atoms with Crippen LogP contribution in [0.25, 0.3) is 5.70 Å². The molecule has 0 spiro atoms. The van der Waals surface area contributed by atoms with Crippen LogP contribution in [0.5, 0.6) is 0 Å². The number of carbonyl (C=O) groups excluding carboxylic acids is 1. The molecule has 0 aromatic heterocycles. The predicted molar refractivity (Wildman–Crippen MR) is 48.7 cm³/mol. The van der Waals surface area contributed by atoms with Gasteiger partial charge in [0.15, 0.2) is 0 Å².